The molecular formula is C18H19NO6S2. The molecule has 0 atom stereocenters. The smallest absolute Gasteiger partial charge is 0.349 e. The first-order chi connectivity index (χ1) is 12.9. The predicted molar refractivity (Wildman–Crippen MR) is 101 cm³/mol. The fourth-order valence-electron chi connectivity index (χ4n) is 3.20. The number of hydrogen-bond donors (Lipinski definition) is 1. The van der Waals surface area contributed by atoms with Crippen molar-refractivity contribution in [1.29, 1.82) is 0 Å². The fourth-order valence-corrected chi connectivity index (χ4v) is 5.61. The van der Waals surface area contributed by atoms with Gasteiger partial charge in [-0.15, -0.1) is 11.3 Å². The van der Waals surface area contributed by atoms with Crippen LogP contribution in [0.25, 0.3) is 0 Å². The molecule has 1 N–H and O–H groups in total. The molecule has 0 aliphatic heterocycles. The van der Waals surface area contributed by atoms with E-state index >= 15 is 0 Å². The number of aryl methyl sites for hydroxylation is 1. The monoisotopic (exact) mass is 409 g/mol. The SMILES string of the molecule is COC(=O)c1sccc1S(=O)(=O)Nc1ccc2c(c1C(=O)OC)CCCC2. The quantitative estimate of drug-likeness (QED) is 0.762. The van der Waals surface area contributed by atoms with Crippen LogP contribution >= 0.6 is 11.3 Å². The van der Waals surface area contributed by atoms with Gasteiger partial charge in [-0.2, -0.15) is 0 Å². The van der Waals surface area contributed by atoms with Gasteiger partial charge < -0.3 is 9.47 Å². The topological polar surface area (TPSA) is 98.8 Å². The van der Waals surface area contributed by atoms with E-state index in [1.807, 2.05) is 6.07 Å². The van der Waals surface area contributed by atoms with E-state index in [4.69, 9.17) is 4.74 Å². The van der Waals surface area contributed by atoms with E-state index in [2.05, 4.69) is 9.46 Å². The third kappa shape index (κ3) is 3.70. The maximum atomic E-state index is 12.9. The highest BCUT2D eigenvalue weighted by atomic mass is 32.2. The van der Waals surface area contributed by atoms with Crippen LogP contribution in [0.15, 0.2) is 28.5 Å². The molecule has 1 aliphatic rings. The summed E-state index contributed by atoms with van der Waals surface area (Å²) >= 11 is 0.972. The maximum absolute atomic E-state index is 12.9. The number of methoxy groups -OCH3 is 2. The first-order valence-electron chi connectivity index (χ1n) is 8.30. The molecule has 0 bridgehead atoms. The van der Waals surface area contributed by atoms with Gasteiger partial charge in [0.05, 0.1) is 25.5 Å². The normalized spacial score (nSPS) is 13.6. The first-order valence-corrected chi connectivity index (χ1v) is 10.7. The summed E-state index contributed by atoms with van der Waals surface area (Å²) in [7, 11) is -1.65. The number of esters is 2. The molecule has 1 aromatic heterocycles. The molecule has 0 fully saturated rings. The largest absolute Gasteiger partial charge is 0.465 e. The lowest BCUT2D eigenvalue weighted by atomic mass is 9.87. The number of carbonyl (C=O) groups is 2. The Morgan fingerprint density at radius 1 is 1.04 bits per heavy atom. The zero-order valence-corrected chi connectivity index (χ0v) is 16.5. The number of nitrogens with one attached hydrogen (secondary N) is 1. The van der Waals surface area contributed by atoms with Gasteiger partial charge in [-0.05, 0) is 54.3 Å². The van der Waals surface area contributed by atoms with E-state index in [9.17, 15) is 18.0 Å². The minimum absolute atomic E-state index is 0.0254. The Morgan fingerprint density at radius 3 is 2.44 bits per heavy atom. The van der Waals surface area contributed by atoms with Crippen LogP contribution in [0.5, 0.6) is 0 Å². The Kier molecular flexibility index (Phi) is 5.52. The van der Waals surface area contributed by atoms with Crippen molar-refractivity contribution in [3.8, 4) is 0 Å². The van der Waals surface area contributed by atoms with Crippen LogP contribution in [0.1, 0.15) is 44.0 Å². The van der Waals surface area contributed by atoms with Gasteiger partial charge in [0.25, 0.3) is 10.0 Å². The average molecular weight is 409 g/mol. The molecule has 27 heavy (non-hydrogen) atoms. The molecule has 7 nitrogen and oxygen atoms in total. The van der Waals surface area contributed by atoms with E-state index in [1.165, 1.54) is 25.7 Å². The molecule has 0 amide bonds. The lowest BCUT2D eigenvalue weighted by Crippen LogP contribution is -2.20. The second-order valence-electron chi connectivity index (χ2n) is 6.04. The van der Waals surface area contributed by atoms with E-state index in [-0.39, 0.29) is 21.0 Å². The Morgan fingerprint density at radius 2 is 1.74 bits per heavy atom. The zero-order chi connectivity index (χ0) is 19.6. The van der Waals surface area contributed by atoms with Crippen LogP contribution in [0.2, 0.25) is 0 Å². The van der Waals surface area contributed by atoms with Crippen molar-refractivity contribution in [1.82, 2.24) is 0 Å². The lowest BCUT2D eigenvalue weighted by molar-refractivity contribution is 0.0592. The number of carbonyl (C=O) groups excluding carboxylic acids is 2. The van der Waals surface area contributed by atoms with Crippen LogP contribution in [0.3, 0.4) is 0 Å². The Labute approximate surface area is 161 Å². The highest BCUT2D eigenvalue weighted by molar-refractivity contribution is 7.93. The second kappa shape index (κ2) is 7.69. The molecule has 0 saturated heterocycles. The van der Waals surface area contributed by atoms with Crippen LogP contribution in [-0.2, 0) is 32.3 Å². The molecule has 1 aliphatic carbocycles. The summed E-state index contributed by atoms with van der Waals surface area (Å²) in [6.45, 7) is 0. The molecule has 144 valence electrons. The van der Waals surface area contributed by atoms with E-state index in [0.717, 1.165) is 41.7 Å². The summed E-state index contributed by atoms with van der Waals surface area (Å²) in [4.78, 5) is 24.0. The Balaban J connectivity index is 2.06. The van der Waals surface area contributed by atoms with Gasteiger partial charge in [0.1, 0.15) is 9.77 Å². The van der Waals surface area contributed by atoms with Crippen LogP contribution in [-0.4, -0.2) is 34.6 Å². The Hall–Kier alpha value is -2.39. The molecule has 2 aromatic rings. The zero-order valence-electron chi connectivity index (χ0n) is 14.9. The number of fused-ring (bicyclic) bond motifs is 1. The van der Waals surface area contributed by atoms with Crippen LogP contribution in [0.4, 0.5) is 5.69 Å². The summed E-state index contributed by atoms with van der Waals surface area (Å²) in [6, 6.07) is 4.72. The molecule has 3 rings (SSSR count). The molecule has 0 saturated carbocycles. The van der Waals surface area contributed by atoms with Gasteiger partial charge in [0, 0.05) is 0 Å². The van der Waals surface area contributed by atoms with E-state index < -0.39 is 22.0 Å². The van der Waals surface area contributed by atoms with Crippen molar-refractivity contribution in [2.24, 2.45) is 0 Å². The van der Waals surface area contributed by atoms with Crippen molar-refractivity contribution in [3.05, 3.63) is 45.1 Å². The van der Waals surface area contributed by atoms with E-state index in [0.29, 0.717) is 6.42 Å². The van der Waals surface area contributed by atoms with E-state index in [1.54, 1.807) is 6.07 Å². The number of benzene rings is 1. The number of rotatable bonds is 5. The van der Waals surface area contributed by atoms with Crippen molar-refractivity contribution >= 4 is 39.0 Å². The predicted octanol–water partition coefficient (Wildman–Crippen LogP) is 3.00. The average Bonchev–Trinajstić information content (AvgIpc) is 3.17. The maximum Gasteiger partial charge on any atom is 0.349 e. The standard InChI is InChI=1S/C18H19NO6S2/c1-24-17(20)15-12-6-4-3-5-11(12)7-8-13(15)19-27(22,23)14-9-10-26-16(14)18(21)25-2/h7-10,19H,3-6H2,1-2H3. The van der Waals surface area contributed by atoms with Gasteiger partial charge in [0.2, 0.25) is 0 Å². The van der Waals surface area contributed by atoms with Gasteiger partial charge in [-0.25, -0.2) is 18.0 Å². The molecule has 0 spiro atoms. The molecule has 9 heteroatoms. The summed E-state index contributed by atoms with van der Waals surface area (Å²) in [5, 5.41) is 1.49. The summed E-state index contributed by atoms with van der Waals surface area (Å²) in [5.74, 6) is -1.33. The molecule has 0 unspecified atom stereocenters. The fraction of sp³-hybridized carbons (Fsp3) is 0.333. The van der Waals surface area contributed by atoms with Crippen molar-refractivity contribution in [3.63, 3.8) is 0 Å². The van der Waals surface area contributed by atoms with Crippen molar-refractivity contribution in [2.45, 2.75) is 30.6 Å². The number of ether oxygens (including phenoxy) is 2. The van der Waals surface area contributed by atoms with Crippen molar-refractivity contribution < 1.29 is 27.5 Å². The third-order valence-electron chi connectivity index (χ3n) is 4.46. The van der Waals surface area contributed by atoms with Crippen LogP contribution < -0.4 is 4.72 Å². The second-order valence-corrected chi connectivity index (χ2v) is 8.60. The van der Waals surface area contributed by atoms with Gasteiger partial charge in [0.15, 0.2) is 0 Å². The highest BCUT2D eigenvalue weighted by Crippen LogP contribution is 2.32. The van der Waals surface area contributed by atoms with Gasteiger partial charge in [-0.3, -0.25) is 4.72 Å². The molecule has 0 radical (unpaired) electrons. The first kappa shape index (κ1) is 19.4. The molecule has 1 heterocycles. The summed E-state index contributed by atoms with van der Waals surface area (Å²) in [6.07, 6.45) is 3.46. The minimum Gasteiger partial charge on any atom is -0.465 e. The van der Waals surface area contributed by atoms with Gasteiger partial charge in [-0.1, -0.05) is 6.07 Å². The minimum atomic E-state index is -4.09. The number of sulfonamides is 1. The lowest BCUT2D eigenvalue weighted by Gasteiger charge is -2.21. The molecular weight excluding hydrogens is 390 g/mol. The van der Waals surface area contributed by atoms with Crippen LogP contribution in [0, 0.1) is 0 Å². The Bertz CT molecular complexity index is 993. The molecule has 1 aromatic carbocycles. The van der Waals surface area contributed by atoms with Gasteiger partial charge >= 0.3 is 11.9 Å². The summed E-state index contributed by atoms with van der Waals surface area (Å²) in [5.41, 5.74) is 2.21. The summed E-state index contributed by atoms with van der Waals surface area (Å²) < 4.78 is 37.7. The van der Waals surface area contributed by atoms with Crippen molar-refractivity contribution in [2.75, 3.05) is 18.9 Å². The third-order valence-corrected chi connectivity index (χ3v) is 6.89. The number of anilines is 1. The highest BCUT2D eigenvalue weighted by Gasteiger charge is 2.28. The number of thiophene rings is 1. The number of hydrogen-bond acceptors (Lipinski definition) is 7.